The minimum absolute atomic E-state index is 0.235. The van der Waals surface area contributed by atoms with Crippen molar-refractivity contribution in [2.75, 3.05) is 65.0 Å². The Bertz CT molecular complexity index is 1240. The lowest BCUT2D eigenvalue weighted by Crippen LogP contribution is -2.28. The van der Waals surface area contributed by atoms with Crippen LogP contribution in [0.25, 0.3) is 0 Å². The topological polar surface area (TPSA) is 86.8 Å². The van der Waals surface area contributed by atoms with E-state index in [1.165, 1.54) is 12.4 Å². The van der Waals surface area contributed by atoms with Crippen LogP contribution in [0.15, 0.2) is 54.9 Å². The molecule has 2 N–H and O–H groups in total. The van der Waals surface area contributed by atoms with Gasteiger partial charge in [0.05, 0.1) is 28.5 Å². The first-order valence-corrected chi connectivity index (χ1v) is 12.0. The quantitative estimate of drug-likeness (QED) is 0.333. The summed E-state index contributed by atoms with van der Waals surface area (Å²) in [7, 11) is 7.96. The molecule has 0 radical (unpaired) electrons. The smallest absolute Gasteiger partial charge is 0.200 e. The molecule has 0 saturated carbocycles. The Morgan fingerprint density at radius 3 is 1.92 bits per heavy atom. The summed E-state index contributed by atoms with van der Waals surface area (Å²) in [6.07, 6.45) is 2.97. The molecule has 8 heteroatoms. The Balaban J connectivity index is 1.73. The number of rotatable bonds is 11. The molecule has 3 aromatic rings. The molecule has 188 valence electrons. The van der Waals surface area contributed by atoms with Crippen LogP contribution in [0.1, 0.15) is 37.4 Å². The maximum absolute atomic E-state index is 14.0. The number of likely N-dealkylation sites (N-methyl/N-ethyl adjacent to an activating group) is 2. The summed E-state index contributed by atoms with van der Waals surface area (Å²) in [4.78, 5) is 36.1. The van der Waals surface area contributed by atoms with Gasteiger partial charge >= 0.3 is 0 Å². The molecule has 1 aliphatic carbocycles. The summed E-state index contributed by atoms with van der Waals surface area (Å²) in [5, 5.41) is 6.70. The monoisotopic (exact) mass is 487 g/mol. The number of ether oxygens (including phenoxy) is 1. The van der Waals surface area contributed by atoms with Crippen LogP contribution in [0.4, 0.5) is 11.4 Å². The van der Waals surface area contributed by atoms with E-state index in [0.717, 1.165) is 18.7 Å². The van der Waals surface area contributed by atoms with E-state index in [1.54, 1.807) is 0 Å². The molecule has 8 nitrogen and oxygen atoms in total. The van der Waals surface area contributed by atoms with Gasteiger partial charge in [-0.25, -0.2) is 0 Å². The highest BCUT2D eigenvalue weighted by atomic mass is 16.5. The molecule has 0 amide bonds. The van der Waals surface area contributed by atoms with Crippen molar-refractivity contribution in [3.05, 3.63) is 82.7 Å². The van der Waals surface area contributed by atoms with Crippen LogP contribution < -0.4 is 15.4 Å². The van der Waals surface area contributed by atoms with Crippen molar-refractivity contribution in [1.82, 2.24) is 14.8 Å². The molecule has 0 fully saturated rings. The molecule has 0 unspecified atom stereocenters. The largest absolute Gasteiger partial charge is 0.486 e. The maximum Gasteiger partial charge on any atom is 0.200 e. The highest BCUT2D eigenvalue weighted by Crippen LogP contribution is 2.39. The third-order valence-corrected chi connectivity index (χ3v) is 6.03. The van der Waals surface area contributed by atoms with E-state index in [2.05, 4.69) is 25.4 Å². The molecule has 0 spiro atoms. The second kappa shape index (κ2) is 11.3. The van der Waals surface area contributed by atoms with Gasteiger partial charge in [0.15, 0.2) is 5.78 Å². The predicted molar refractivity (Wildman–Crippen MR) is 142 cm³/mol. The van der Waals surface area contributed by atoms with Crippen LogP contribution in [-0.2, 0) is 6.61 Å². The Morgan fingerprint density at radius 2 is 1.33 bits per heavy atom. The van der Waals surface area contributed by atoms with Crippen LogP contribution >= 0.6 is 0 Å². The number of anilines is 2. The second-order valence-electron chi connectivity index (χ2n) is 9.36. The second-order valence-corrected chi connectivity index (χ2v) is 9.36. The maximum atomic E-state index is 14.0. The van der Waals surface area contributed by atoms with Gasteiger partial charge in [0.2, 0.25) is 5.78 Å². The zero-order valence-electron chi connectivity index (χ0n) is 21.3. The van der Waals surface area contributed by atoms with Gasteiger partial charge in [0.25, 0.3) is 0 Å². The third kappa shape index (κ3) is 5.56. The first-order valence-electron chi connectivity index (χ1n) is 12.0. The number of aromatic nitrogens is 1. The number of carbonyl (C=O) groups is 2. The molecular formula is C28H33N5O3. The van der Waals surface area contributed by atoms with E-state index < -0.39 is 0 Å². The van der Waals surface area contributed by atoms with Gasteiger partial charge in [-0.05, 0) is 45.9 Å². The van der Waals surface area contributed by atoms with Crippen molar-refractivity contribution in [1.29, 1.82) is 0 Å². The number of ketones is 2. The first kappa shape index (κ1) is 25.3. The molecule has 0 saturated heterocycles. The average Bonchev–Trinajstić information content (AvgIpc) is 2.86. The van der Waals surface area contributed by atoms with Crippen molar-refractivity contribution in [2.45, 2.75) is 6.61 Å². The molecule has 0 atom stereocenters. The van der Waals surface area contributed by atoms with Crippen LogP contribution in [0, 0.1) is 0 Å². The van der Waals surface area contributed by atoms with Gasteiger partial charge in [-0.1, -0.05) is 30.3 Å². The van der Waals surface area contributed by atoms with Crippen molar-refractivity contribution in [2.24, 2.45) is 0 Å². The number of nitrogens with zero attached hydrogens (tertiary/aromatic N) is 3. The fraction of sp³-hybridized carbons (Fsp3) is 0.321. The normalized spacial score (nSPS) is 12.5. The lowest BCUT2D eigenvalue weighted by Gasteiger charge is -2.25. The minimum Gasteiger partial charge on any atom is -0.486 e. The fourth-order valence-electron chi connectivity index (χ4n) is 4.15. The molecular weight excluding hydrogens is 454 g/mol. The van der Waals surface area contributed by atoms with Gasteiger partial charge in [-0.2, -0.15) is 0 Å². The molecule has 1 aliphatic rings. The Morgan fingerprint density at radius 1 is 0.750 bits per heavy atom. The number of hydrogen-bond acceptors (Lipinski definition) is 8. The van der Waals surface area contributed by atoms with Gasteiger partial charge < -0.3 is 25.2 Å². The van der Waals surface area contributed by atoms with Crippen LogP contribution in [0.5, 0.6) is 5.75 Å². The summed E-state index contributed by atoms with van der Waals surface area (Å²) >= 11 is 0. The number of fused-ring (bicyclic) bond motifs is 2. The SMILES string of the molecule is CN(C)CCNc1ccc(NCCN(C)C)c2c1C(=O)c1cncc(OCc3ccccc3)c1C2=O. The van der Waals surface area contributed by atoms with Crippen molar-refractivity contribution < 1.29 is 14.3 Å². The molecule has 1 heterocycles. The van der Waals surface area contributed by atoms with Gasteiger partial charge in [0, 0.05) is 43.8 Å². The van der Waals surface area contributed by atoms with E-state index in [0.29, 0.717) is 41.3 Å². The summed E-state index contributed by atoms with van der Waals surface area (Å²) in [6.45, 7) is 3.11. The van der Waals surface area contributed by atoms with Gasteiger partial charge in [0.1, 0.15) is 12.4 Å². The van der Waals surface area contributed by atoms with Crippen molar-refractivity contribution in [3.63, 3.8) is 0 Å². The van der Waals surface area contributed by atoms with E-state index in [9.17, 15) is 9.59 Å². The van der Waals surface area contributed by atoms with Crippen molar-refractivity contribution in [3.8, 4) is 5.75 Å². The van der Waals surface area contributed by atoms with Gasteiger partial charge in [-0.3, -0.25) is 14.6 Å². The van der Waals surface area contributed by atoms with Crippen LogP contribution in [-0.4, -0.2) is 80.7 Å². The Hall–Kier alpha value is -3.75. The zero-order valence-corrected chi connectivity index (χ0v) is 21.3. The molecule has 1 aromatic heterocycles. The number of pyridine rings is 1. The van der Waals surface area contributed by atoms with E-state index in [-0.39, 0.29) is 29.3 Å². The third-order valence-electron chi connectivity index (χ3n) is 6.03. The molecule has 2 aromatic carbocycles. The number of hydrogen-bond donors (Lipinski definition) is 2. The molecule has 0 bridgehead atoms. The summed E-state index contributed by atoms with van der Waals surface area (Å²) in [5.41, 5.74) is 3.52. The standard InChI is InChI=1S/C28H33N5O3/c1-32(2)14-12-30-21-10-11-22(31-13-15-33(3)4)26-25(21)27(34)20-16-29-17-23(24(20)28(26)35)36-18-19-8-6-5-7-9-19/h5-11,16-17,30-31H,12-15,18H2,1-4H3. The summed E-state index contributed by atoms with van der Waals surface area (Å²) < 4.78 is 6.01. The lowest BCUT2D eigenvalue weighted by molar-refractivity contribution is 0.0975. The predicted octanol–water partition coefficient (Wildman–Crippen LogP) is 3.38. The number of carbonyl (C=O) groups excluding carboxylic acids is 2. The van der Waals surface area contributed by atoms with E-state index in [1.807, 2.05) is 70.7 Å². The summed E-state index contributed by atoms with van der Waals surface area (Å²) in [6, 6.07) is 13.4. The van der Waals surface area contributed by atoms with Crippen molar-refractivity contribution >= 4 is 22.9 Å². The molecule has 4 rings (SSSR count). The average molecular weight is 488 g/mol. The number of nitrogens with one attached hydrogen (secondary N) is 2. The molecule has 0 aliphatic heterocycles. The summed E-state index contributed by atoms with van der Waals surface area (Å²) in [5.74, 6) is -0.167. The highest BCUT2D eigenvalue weighted by Gasteiger charge is 2.36. The van der Waals surface area contributed by atoms with E-state index in [4.69, 9.17) is 4.74 Å². The van der Waals surface area contributed by atoms with Gasteiger partial charge in [-0.15, -0.1) is 0 Å². The number of benzene rings is 2. The Kier molecular flexibility index (Phi) is 7.97. The zero-order chi connectivity index (χ0) is 25.7. The van der Waals surface area contributed by atoms with Crippen LogP contribution in [0.2, 0.25) is 0 Å². The minimum atomic E-state index is -0.242. The molecule has 36 heavy (non-hydrogen) atoms. The fourth-order valence-corrected chi connectivity index (χ4v) is 4.15. The van der Waals surface area contributed by atoms with Crippen LogP contribution in [0.3, 0.4) is 0 Å². The highest BCUT2D eigenvalue weighted by molar-refractivity contribution is 6.32. The first-order chi connectivity index (χ1) is 17.4. The lowest BCUT2D eigenvalue weighted by atomic mass is 9.82. The Labute approximate surface area is 212 Å². The van der Waals surface area contributed by atoms with E-state index >= 15 is 0 Å².